The Morgan fingerprint density at radius 2 is 1.81 bits per heavy atom. The summed E-state index contributed by atoms with van der Waals surface area (Å²) in [4.78, 5) is 18.8. The lowest BCUT2D eigenvalue weighted by molar-refractivity contribution is 0.0724. The molecule has 1 aliphatic heterocycles. The van der Waals surface area contributed by atoms with Crippen molar-refractivity contribution in [3.63, 3.8) is 0 Å². The van der Waals surface area contributed by atoms with Gasteiger partial charge in [0.2, 0.25) is 0 Å². The van der Waals surface area contributed by atoms with Crippen molar-refractivity contribution in [2.75, 3.05) is 32.9 Å². The molecule has 6 heteroatoms. The van der Waals surface area contributed by atoms with E-state index in [0.717, 1.165) is 49.6 Å². The van der Waals surface area contributed by atoms with Crippen LogP contribution < -0.4 is 10.6 Å². The smallest absolute Gasteiger partial charge is 0.253 e. The number of benzene rings is 1. The monoisotopic (exact) mass is 376 g/mol. The fourth-order valence-electron chi connectivity index (χ4n) is 2.82. The minimum absolute atomic E-state index is 0.154. The fraction of sp³-hybridized carbons (Fsp3) is 0.600. The summed E-state index contributed by atoms with van der Waals surface area (Å²) in [6.45, 7) is 7.70. The molecular formula is C20H32N4OS. The molecule has 144 valence electrons. The summed E-state index contributed by atoms with van der Waals surface area (Å²) in [5, 5.41) is 6.69. The first kappa shape index (κ1) is 20.6. The second-order valence-corrected chi connectivity index (χ2v) is 8.81. The maximum atomic E-state index is 12.5. The third-order valence-electron chi connectivity index (χ3n) is 4.76. The number of nitrogens with zero attached hydrogens (tertiary/aromatic N) is 2. The molecule has 0 aliphatic carbocycles. The Morgan fingerprint density at radius 3 is 2.38 bits per heavy atom. The number of thioether (sulfide) groups is 1. The molecule has 1 amide bonds. The highest BCUT2D eigenvalue weighted by molar-refractivity contribution is 7.99. The predicted octanol–water partition coefficient (Wildman–Crippen LogP) is 3.12. The van der Waals surface area contributed by atoms with E-state index in [1.54, 1.807) is 7.05 Å². The van der Waals surface area contributed by atoms with Crippen LogP contribution in [0.3, 0.4) is 0 Å². The molecule has 0 saturated carbocycles. The Morgan fingerprint density at radius 1 is 1.15 bits per heavy atom. The van der Waals surface area contributed by atoms with Crippen LogP contribution in [0.5, 0.6) is 0 Å². The lowest BCUT2D eigenvalue weighted by Gasteiger charge is -2.26. The van der Waals surface area contributed by atoms with Crippen molar-refractivity contribution in [2.45, 2.75) is 44.4 Å². The number of piperidine rings is 1. The number of hydrogen-bond donors (Lipinski definition) is 2. The van der Waals surface area contributed by atoms with Gasteiger partial charge in [0.25, 0.3) is 5.91 Å². The van der Waals surface area contributed by atoms with Gasteiger partial charge in [0.05, 0.1) is 0 Å². The van der Waals surface area contributed by atoms with Crippen LogP contribution in [0, 0.1) is 0 Å². The van der Waals surface area contributed by atoms with Crippen LogP contribution in [0.1, 0.15) is 49.0 Å². The molecule has 2 rings (SSSR count). The van der Waals surface area contributed by atoms with E-state index in [4.69, 9.17) is 0 Å². The standard InChI is InChI=1S/C20H32N4OS/c1-20(2,26-4)15-23-19(21-3)22-14-16-8-10-17(11-9-16)18(25)24-12-6-5-7-13-24/h8-11H,5-7,12-15H2,1-4H3,(H2,21,22,23). The zero-order valence-corrected chi connectivity index (χ0v) is 17.3. The van der Waals surface area contributed by atoms with Gasteiger partial charge in [-0.15, -0.1) is 0 Å². The van der Waals surface area contributed by atoms with Gasteiger partial charge in [0.15, 0.2) is 5.96 Å². The van der Waals surface area contributed by atoms with Crippen LogP contribution in [0.15, 0.2) is 29.3 Å². The Hall–Kier alpha value is -1.69. The molecule has 0 atom stereocenters. The van der Waals surface area contributed by atoms with Gasteiger partial charge in [0.1, 0.15) is 0 Å². The van der Waals surface area contributed by atoms with E-state index in [0.29, 0.717) is 6.54 Å². The van der Waals surface area contributed by atoms with Gasteiger partial charge in [-0.25, -0.2) is 0 Å². The van der Waals surface area contributed by atoms with Crippen molar-refractivity contribution in [3.05, 3.63) is 35.4 Å². The lowest BCUT2D eigenvalue weighted by atomic mass is 10.1. The highest BCUT2D eigenvalue weighted by Crippen LogP contribution is 2.19. The molecule has 1 aromatic carbocycles. The van der Waals surface area contributed by atoms with Crippen molar-refractivity contribution in [2.24, 2.45) is 4.99 Å². The molecule has 2 N–H and O–H groups in total. The summed E-state index contributed by atoms with van der Waals surface area (Å²) in [5.74, 6) is 0.946. The number of carbonyl (C=O) groups excluding carboxylic acids is 1. The first-order valence-electron chi connectivity index (χ1n) is 9.33. The minimum atomic E-state index is 0.154. The molecule has 1 saturated heterocycles. The van der Waals surface area contributed by atoms with Crippen LogP contribution in [-0.2, 0) is 6.54 Å². The van der Waals surface area contributed by atoms with Gasteiger partial charge < -0.3 is 15.5 Å². The topological polar surface area (TPSA) is 56.7 Å². The zero-order chi connectivity index (χ0) is 19.0. The van der Waals surface area contributed by atoms with E-state index in [1.807, 2.05) is 40.9 Å². The van der Waals surface area contributed by atoms with Gasteiger partial charge in [-0.05, 0) is 57.1 Å². The van der Waals surface area contributed by atoms with Gasteiger partial charge >= 0.3 is 0 Å². The first-order chi connectivity index (χ1) is 12.4. The number of carbonyl (C=O) groups is 1. The number of likely N-dealkylation sites (tertiary alicyclic amines) is 1. The molecule has 1 fully saturated rings. The van der Waals surface area contributed by atoms with Crippen molar-refractivity contribution in [3.8, 4) is 0 Å². The third-order valence-corrected chi connectivity index (χ3v) is 6.01. The van der Waals surface area contributed by atoms with Gasteiger partial charge in [-0.3, -0.25) is 9.79 Å². The molecule has 0 bridgehead atoms. The van der Waals surface area contributed by atoms with Crippen LogP contribution in [0.4, 0.5) is 0 Å². The Bertz CT molecular complexity index is 607. The van der Waals surface area contributed by atoms with E-state index >= 15 is 0 Å². The molecule has 26 heavy (non-hydrogen) atoms. The van der Waals surface area contributed by atoms with Crippen molar-refractivity contribution < 1.29 is 4.79 Å². The van der Waals surface area contributed by atoms with Crippen molar-refractivity contribution in [1.29, 1.82) is 0 Å². The van der Waals surface area contributed by atoms with Gasteiger partial charge in [-0.1, -0.05) is 12.1 Å². The highest BCUT2D eigenvalue weighted by atomic mass is 32.2. The van der Waals surface area contributed by atoms with E-state index < -0.39 is 0 Å². The summed E-state index contributed by atoms with van der Waals surface area (Å²) >= 11 is 1.83. The molecule has 0 unspecified atom stereocenters. The average molecular weight is 377 g/mol. The Balaban J connectivity index is 1.85. The molecule has 0 spiro atoms. The number of aliphatic imine (C=N–C) groups is 1. The number of guanidine groups is 1. The van der Waals surface area contributed by atoms with Crippen molar-refractivity contribution >= 4 is 23.6 Å². The molecule has 1 aliphatic rings. The van der Waals surface area contributed by atoms with E-state index in [-0.39, 0.29) is 10.7 Å². The molecule has 1 aromatic rings. The molecule has 1 heterocycles. The molecule has 0 aromatic heterocycles. The Labute approximate surface area is 162 Å². The molecule has 5 nitrogen and oxygen atoms in total. The van der Waals surface area contributed by atoms with Crippen LogP contribution in [0.2, 0.25) is 0 Å². The van der Waals surface area contributed by atoms with Gasteiger partial charge in [0, 0.05) is 43.5 Å². The molecular weight excluding hydrogens is 344 g/mol. The summed E-state index contributed by atoms with van der Waals surface area (Å²) in [5.41, 5.74) is 1.91. The summed E-state index contributed by atoms with van der Waals surface area (Å²) in [6.07, 6.45) is 5.59. The van der Waals surface area contributed by atoms with Crippen LogP contribution in [0.25, 0.3) is 0 Å². The zero-order valence-electron chi connectivity index (χ0n) is 16.5. The van der Waals surface area contributed by atoms with Gasteiger partial charge in [-0.2, -0.15) is 11.8 Å². The first-order valence-corrected chi connectivity index (χ1v) is 10.6. The number of amides is 1. The normalized spacial score (nSPS) is 15.7. The predicted molar refractivity (Wildman–Crippen MR) is 112 cm³/mol. The largest absolute Gasteiger partial charge is 0.355 e. The highest BCUT2D eigenvalue weighted by Gasteiger charge is 2.18. The summed E-state index contributed by atoms with van der Waals surface area (Å²) in [6, 6.07) is 7.90. The fourth-order valence-corrected chi connectivity index (χ4v) is 3.04. The van der Waals surface area contributed by atoms with Crippen molar-refractivity contribution in [1.82, 2.24) is 15.5 Å². The van der Waals surface area contributed by atoms with E-state index in [2.05, 4.69) is 35.7 Å². The molecule has 0 radical (unpaired) electrons. The average Bonchev–Trinajstić information content (AvgIpc) is 2.68. The maximum Gasteiger partial charge on any atom is 0.253 e. The van der Waals surface area contributed by atoms with Crippen LogP contribution in [-0.4, -0.2) is 54.5 Å². The van der Waals surface area contributed by atoms with E-state index in [9.17, 15) is 4.79 Å². The quantitative estimate of drug-likeness (QED) is 0.592. The number of rotatable bonds is 6. The second kappa shape index (κ2) is 9.86. The minimum Gasteiger partial charge on any atom is -0.355 e. The van der Waals surface area contributed by atoms with E-state index in [1.165, 1.54) is 6.42 Å². The summed E-state index contributed by atoms with van der Waals surface area (Å²) in [7, 11) is 1.78. The Kier molecular flexibility index (Phi) is 7.82. The number of nitrogens with one attached hydrogen (secondary N) is 2. The van der Waals surface area contributed by atoms with Crippen LogP contribution >= 0.6 is 11.8 Å². The summed E-state index contributed by atoms with van der Waals surface area (Å²) < 4.78 is 0.161. The maximum absolute atomic E-state index is 12.5. The SMILES string of the molecule is CN=C(NCc1ccc(C(=O)N2CCCCC2)cc1)NCC(C)(C)SC. The number of hydrogen-bond acceptors (Lipinski definition) is 3. The second-order valence-electron chi connectivity index (χ2n) is 7.29. The third kappa shape index (κ3) is 6.24. The lowest BCUT2D eigenvalue weighted by Crippen LogP contribution is -2.43.